The van der Waals surface area contributed by atoms with E-state index >= 15 is 0 Å². The highest BCUT2D eigenvalue weighted by atomic mass is 32.2. The minimum atomic E-state index is -1.00. The number of aromatic hydroxyl groups is 1. The fourth-order valence-electron chi connectivity index (χ4n) is 0.851. The average molecular weight is 185 g/mol. The van der Waals surface area contributed by atoms with Gasteiger partial charge in [0.05, 0.1) is 11.0 Å². The molecule has 0 saturated heterocycles. The summed E-state index contributed by atoms with van der Waals surface area (Å²) in [6.45, 7) is 0.511. The fourth-order valence-corrected chi connectivity index (χ4v) is 1.22. The van der Waals surface area contributed by atoms with Crippen LogP contribution >= 0.6 is 0 Å². The first kappa shape index (κ1) is 9.22. The van der Waals surface area contributed by atoms with E-state index in [0.29, 0.717) is 6.54 Å². The van der Waals surface area contributed by atoms with Gasteiger partial charge in [0.2, 0.25) is 0 Å². The second-order valence-electron chi connectivity index (χ2n) is 2.45. The molecule has 66 valence electrons. The first-order valence-corrected chi connectivity index (χ1v) is 5.09. The molecule has 0 bridgehead atoms. The lowest BCUT2D eigenvalue weighted by atomic mass is 10.2. The quantitative estimate of drug-likeness (QED) is 0.731. The zero-order valence-corrected chi connectivity index (χ0v) is 7.60. The molecule has 0 aliphatic rings. The molecule has 0 saturated carbocycles. The van der Waals surface area contributed by atoms with Crippen LogP contribution in [0.4, 0.5) is 0 Å². The Morgan fingerprint density at radius 3 is 2.92 bits per heavy atom. The largest absolute Gasteiger partial charge is 0.508 e. The number of phenols is 1. The summed E-state index contributed by atoms with van der Waals surface area (Å²) in [6.07, 6.45) is 1.57. The molecule has 0 aliphatic heterocycles. The Hall–Kier alpha value is -0.870. The van der Waals surface area contributed by atoms with Crippen molar-refractivity contribution in [3.63, 3.8) is 0 Å². The standard InChI is InChI=1S/C8H11NO2S/c1-12(11)9-6-7-3-2-4-8(10)5-7/h2-5,9-10H,6H2,1H3. The number of phenolic OH excluding ortho intramolecular Hbond substituents is 1. The van der Waals surface area contributed by atoms with Crippen molar-refractivity contribution >= 4 is 11.0 Å². The van der Waals surface area contributed by atoms with Crippen molar-refractivity contribution in [1.29, 1.82) is 0 Å². The van der Waals surface area contributed by atoms with E-state index in [1.165, 1.54) is 0 Å². The molecular formula is C8H11NO2S. The molecule has 1 atom stereocenters. The van der Waals surface area contributed by atoms with Crippen LogP contribution in [0.3, 0.4) is 0 Å². The zero-order valence-electron chi connectivity index (χ0n) is 6.78. The first-order chi connectivity index (χ1) is 5.68. The molecule has 3 nitrogen and oxygen atoms in total. The van der Waals surface area contributed by atoms with Gasteiger partial charge >= 0.3 is 0 Å². The molecule has 0 amide bonds. The van der Waals surface area contributed by atoms with Crippen molar-refractivity contribution in [3.8, 4) is 5.75 Å². The number of rotatable bonds is 3. The van der Waals surface area contributed by atoms with Crippen molar-refractivity contribution in [2.45, 2.75) is 6.54 Å². The lowest BCUT2D eigenvalue weighted by molar-refractivity contribution is 0.474. The average Bonchev–Trinajstić information content (AvgIpc) is 2.01. The van der Waals surface area contributed by atoms with Gasteiger partial charge in [-0.05, 0) is 17.7 Å². The van der Waals surface area contributed by atoms with E-state index in [0.717, 1.165) is 5.56 Å². The van der Waals surface area contributed by atoms with Gasteiger partial charge in [0.15, 0.2) is 0 Å². The van der Waals surface area contributed by atoms with Gasteiger partial charge in [-0.1, -0.05) is 12.1 Å². The van der Waals surface area contributed by atoms with E-state index in [-0.39, 0.29) is 5.75 Å². The monoisotopic (exact) mass is 185 g/mol. The SMILES string of the molecule is CS(=O)NCc1cccc(O)c1. The molecule has 0 fully saturated rings. The fraction of sp³-hybridized carbons (Fsp3) is 0.250. The lowest BCUT2D eigenvalue weighted by Crippen LogP contribution is -2.14. The van der Waals surface area contributed by atoms with Crippen molar-refractivity contribution in [2.24, 2.45) is 0 Å². The third kappa shape index (κ3) is 3.02. The highest BCUT2D eigenvalue weighted by molar-refractivity contribution is 7.82. The van der Waals surface area contributed by atoms with E-state index in [1.54, 1.807) is 24.5 Å². The first-order valence-electron chi connectivity index (χ1n) is 3.53. The van der Waals surface area contributed by atoms with E-state index in [1.807, 2.05) is 6.07 Å². The van der Waals surface area contributed by atoms with Crippen LogP contribution in [0.5, 0.6) is 5.75 Å². The Kier molecular flexibility index (Phi) is 3.25. The van der Waals surface area contributed by atoms with E-state index in [4.69, 9.17) is 5.11 Å². The van der Waals surface area contributed by atoms with Crippen LogP contribution in [0, 0.1) is 0 Å². The summed E-state index contributed by atoms with van der Waals surface area (Å²) < 4.78 is 13.4. The molecule has 2 N–H and O–H groups in total. The van der Waals surface area contributed by atoms with Gasteiger partial charge < -0.3 is 5.11 Å². The van der Waals surface area contributed by atoms with Crippen LogP contribution < -0.4 is 4.72 Å². The minimum Gasteiger partial charge on any atom is -0.508 e. The van der Waals surface area contributed by atoms with Crippen molar-refractivity contribution in [2.75, 3.05) is 6.26 Å². The molecule has 12 heavy (non-hydrogen) atoms. The van der Waals surface area contributed by atoms with Gasteiger partial charge in [0.1, 0.15) is 5.75 Å². The van der Waals surface area contributed by atoms with Crippen LogP contribution in [0.15, 0.2) is 24.3 Å². The topological polar surface area (TPSA) is 49.3 Å². The summed E-state index contributed by atoms with van der Waals surface area (Å²) >= 11 is 0. The molecule has 4 heteroatoms. The smallest absolute Gasteiger partial charge is 0.115 e. The maximum Gasteiger partial charge on any atom is 0.115 e. The molecule has 0 spiro atoms. The molecule has 1 rings (SSSR count). The van der Waals surface area contributed by atoms with Gasteiger partial charge in [-0.3, -0.25) is 0 Å². The van der Waals surface area contributed by atoms with Crippen molar-refractivity contribution in [1.82, 2.24) is 4.72 Å². The predicted molar refractivity (Wildman–Crippen MR) is 49.0 cm³/mol. The Balaban J connectivity index is 2.57. The van der Waals surface area contributed by atoms with Gasteiger partial charge in [0, 0.05) is 12.8 Å². The van der Waals surface area contributed by atoms with Gasteiger partial charge in [-0.25, -0.2) is 8.93 Å². The molecule has 1 unspecified atom stereocenters. The van der Waals surface area contributed by atoms with Crippen molar-refractivity contribution in [3.05, 3.63) is 29.8 Å². The van der Waals surface area contributed by atoms with Crippen LogP contribution in [0.2, 0.25) is 0 Å². The second kappa shape index (κ2) is 4.23. The Morgan fingerprint density at radius 1 is 1.58 bits per heavy atom. The Bertz CT molecular complexity index is 288. The molecule has 0 aromatic heterocycles. The number of hydrogen-bond donors (Lipinski definition) is 2. The Labute approximate surface area is 74.0 Å². The highest BCUT2D eigenvalue weighted by Gasteiger charge is 1.94. The van der Waals surface area contributed by atoms with Crippen LogP contribution in [0.25, 0.3) is 0 Å². The van der Waals surface area contributed by atoms with Gasteiger partial charge in [0.25, 0.3) is 0 Å². The van der Waals surface area contributed by atoms with Crippen molar-refractivity contribution < 1.29 is 9.32 Å². The summed E-state index contributed by atoms with van der Waals surface area (Å²) in [4.78, 5) is 0. The summed E-state index contributed by atoms with van der Waals surface area (Å²) in [5.41, 5.74) is 0.921. The van der Waals surface area contributed by atoms with E-state index < -0.39 is 11.0 Å². The number of benzene rings is 1. The van der Waals surface area contributed by atoms with Gasteiger partial charge in [-0.15, -0.1) is 0 Å². The van der Waals surface area contributed by atoms with E-state index in [9.17, 15) is 4.21 Å². The molecular weight excluding hydrogens is 174 g/mol. The van der Waals surface area contributed by atoms with Crippen LogP contribution in [-0.2, 0) is 17.5 Å². The van der Waals surface area contributed by atoms with Crippen LogP contribution in [0.1, 0.15) is 5.56 Å². The minimum absolute atomic E-state index is 0.233. The predicted octanol–water partition coefficient (Wildman–Crippen LogP) is 0.775. The molecule has 0 radical (unpaired) electrons. The maximum absolute atomic E-state index is 10.6. The normalized spacial score (nSPS) is 12.8. The van der Waals surface area contributed by atoms with E-state index in [2.05, 4.69) is 4.72 Å². The lowest BCUT2D eigenvalue weighted by Gasteiger charge is -2.01. The molecule has 1 aromatic carbocycles. The molecule has 1 aromatic rings. The summed E-state index contributed by atoms with van der Waals surface area (Å²) in [5, 5.41) is 9.07. The highest BCUT2D eigenvalue weighted by Crippen LogP contribution is 2.10. The summed E-state index contributed by atoms with van der Waals surface area (Å²) in [6, 6.07) is 6.86. The van der Waals surface area contributed by atoms with Gasteiger partial charge in [-0.2, -0.15) is 0 Å². The third-order valence-electron chi connectivity index (χ3n) is 1.39. The maximum atomic E-state index is 10.6. The molecule has 0 heterocycles. The van der Waals surface area contributed by atoms with Crippen LogP contribution in [-0.4, -0.2) is 15.6 Å². The number of hydrogen-bond acceptors (Lipinski definition) is 2. The Morgan fingerprint density at radius 2 is 2.33 bits per heavy atom. The summed E-state index contributed by atoms with van der Waals surface area (Å²) in [5.74, 6) is 0.233. The third-order valence-corrected chi connectivity index (χ3v) is 1.94. The second-order valence-corrected chi connectivity index (χ2v) is 3.64. The number of nitrogens with one attached hydrogen (secondary N) is 1. The zero-order chi connectivity index (χ0) is 8.97. The summed E-state index contributed by atoms with van der Waals surface area (Å²) in [7, 11) is -1.00. The molecule has 0 aliphatic carbocycles.